The molecular weight excluding hydrogens is 248 g/mol. The maximum Gasteiger partial charge on any atom is 0.140 e. The molecule has 1 saturated heterocycles. The molecule has 1 aliphatic rings. The van der Waals surface area contributed by atoms with Crippen LogP contribution in [0.2, 0.25) is 0 Å². The molecule has 2 aromatic rings. The van der Waals surface area contributed by atoms with Gasteiger partial charge < -0.3 is 10.6 Å². The topological polar surface area (TPSA) is 72.1 Å². The Morgan fingerprint density at radius 1 is 1.22 bits per heavy atom. The number of hydrogen-bond donors (Lipinski definition) is 1. The Morgan fingerprint density at radius 3 is 2.78 bits per heavy atom. The van der Waals surface area contributed by atoms with Crippen LogP contribution in [0.15, 0.2) is 24.5 Å². The summed E-state index contributed by atoms with van der Waals surface area (Å²) in [7, 11) is -0.683. The van der Waals surface area contributed by atoms with Crippen LogP contribution in [-0.4, -0.2) is 38.8 Å². The molecule has 2 N–H and O–H groups in total. The van der Waals surface area contributed by atoms with Crippen LogP contribution in [0.25, 0.3) is 10.9 Å². The second kappa shape index (κ2) is 4.53. The van der Waals surface area contributed by atoms with E-state index in [9.17, 15) is 4.21 Å². The highest BCUT2D eigenvalue weighted by Crippen LogP contribution is 2.25. The number of fused-ring (bicyclic) bond motifs is 1. The monoisotopic (exact) mass is 262 g/mol. The van der Waals surface area contributed by atoms with E-state index in [1.54, 1.807) is 6.33 Å². The first-order valence-corrected chi connectivity index (χ1v) is 7.33. The van der Waals surface area contributed by atoms with E-state index < -0.39 is 10.8 Å². The molecule has 0 amide bonds. The van der Waals surface area contributed by atoms with Crippen LogP contribution >= 0.6 is 0 Å². The molecular formula is C12H14N4OS. The summed E-state index contributed by atoms with van der Waals surface area (Å²) in [6.45, 7) is 1.54. The lowest BCUT2D eigenvalue weighted by Gasteiger charge is -2.28. The molecule has 5 nitrogen and oxygen atoms in total. The van der Waals surface area contributed by atoms with E-state index in [4.69, 9.17) is 5.73 Å². The quantitative estimate of drug-likeness (QED) is 0.769. The lowest BCUT2D eigenvalue weighted by Crippen LogP contribution is -2.38. The van der Waals surface area contributed by atoms with Crippen molar-refractivity contribution < 1.29 is 4.21 Å². The molecule has 0 aliphatic carbocycles. The molecule has 1 aliphatic heterocycles. The number of hydrogen-bond acceptors (Lipinski definition) is 5. The first-order chi connectivity index (χ1) is 8.74. The van der Waals surface area contributed by atoms with Gasteiger partial charge in [-0.15, -0.1) is 0 Å². The van der Waals surface area contributed by atoms with Gasteiger partial charge in [-0.1, -0.05) is 0 Å². The highest BCUT2D eigenvalue weighted by molar-refractivity contribution is 7.85. The molecule has 0 unspecified atom stereocenters. The van der Waals surface area contributed by atoms with Crippen molar-refractivity contribution in [1.29, 1.82) is 0 Å². The lowest BCUT2D eigenvalue weighted by atomic mass is 10.2. The minimum atomic E-state index is -0.683. The molecule has 2 heterocycles. The summed E-state index contributed by atoms with van der Waals surface area (Å²) in [4.78, 5) is 10.8. The van der Waals surface area contributed by atoms with Crippen LogP contribution in [0.5, 0.6) is 0 Å². The van der Waals surface area contributed by atoms with Crippen molar-refractivity contribution in [3.8, 4) is 0 Å². The number of rotatable bonds is 1. The van der Waals surface area contributed by atoms with Crippen LogP contribution in [0.3, 0.4) is 0 Å². The number of aromatic nitrogens is 2. The van der Waals surface area contributed by atoms with Crippen molar-refractivity contribution in [2.45, 2.75) is 0 Å². The second-order valence-corrected chi connectivity index (χ2v) is 6.01. The summed E-state index contributed by atoms with van der Waals surface area (Å²) in [6.07, 6.45) is 1.57. The van der Waals surface area contributed by atoms with Crippen LogP contribution < -0.4 is 10.6 Å². The minimum Gasteiger partial charge on any atom is -0.399 e. The zero-order valence-electron chi connectivity index (χ0n) is 9.87. The van der Waals surface area contributed by atoms with Gasteiger partial charge in [0.15, 0.2) is 0 Å². The van der Waals surface area contributed by atoms with Crippen molar-refractivity contribution in [3.63, 3.8) is 0 Å². The van der Waals surface area contributed by atoms with Gasteiger partial charge in [-0.3, -0.25) is 4.21 Å². The summed E-state index contributed by atoms with van der Waals surface area (Å²) < 4.78 is 11.4. The molecule has 0 radical (unpaired) electrons. The molecule has 6 heteroatoms. The number of nitrogens with zero attached hydrogens (tertiary/aromatic N) is 3. The van der Waals surface area contributed by atoms with Gasteiger partial charge >= 0.3 is 0 Å². The van der Waals surface area contributed by atoms with Crippen LogP contribution in [0.4, 0.5) is 11.5 Å². The molecule has 0 atom stereocenters. The van der Waals surface area contributed by atoms with Gasteiger partial charge in [0.2, 0.25) is 0 Å². The summed E-state index contributed by atoms with van der Waals surface area (Å²) in [5.41, 5.74) is 7.42. The van der Waals surface area contributed by atoms with E-state index in [-0.39, 0.29) is 0 Å². The molecule has 0 saturated carbocycles. The van der Waals surface area contributed by atoms with Gasteiger partial charge in [-0.25, -0.2) is 9.97 Å². The maximum absolute atomic E-state index is 11.4. The Labute approximate surface area is 107 Å². The normalized spacial score (nSPS) is 17.2. The fourth-order valence-corrected chi connectivity index (χ4v) is 3.21. The van der Waals surface area contributed by atoms with Crippen molar-refractivity contribution >= 4 is 33.2 Å². The largest absolute Gasteiger partial charge is 0.399 e. The zero-order valence-corrected chi connectivity index (χ0v) is 10.7. The fourth-order valence-electron chi connectivity index (χ4n) is 2.16. The maximum atomic E-state index is 11.4. The summed E-state index contributed by atoms with van der Waals surface area (Å²) >= 11 is 0. The molecule has 1 aromatic heterocycles. The Kier molecular flexibility index (Phi) is 2.87. The highest BCUT2D eigenvalue weighted by Gasteiger charge is 2.18. The minimum absolute atomic E-state index is 0.683. The van der Waals surface area contributed by atoms with Gasteiger partial charge in [0.25, 0.3) is 0 Å². The number of nitrogens with two attached hydrogens (primary N) is 1. The predicted octanol–water partition coefficient (Wildman–Crippen LogP) is 0.781. The van der Waals surface area contributed by atoms with Gasteiger partial charge in [-0.2, -0.15) is 0 Å². The average Bonchev–Trinajstić information content (AvgIpc) is 2.39. The summed E-state index contributed by atoms with van der Waals surface area (Å²) in [5.74, 6) is 2.30. The van der Waals surface area contributed by atoms with Crippen LogP contribution in [0, 0.1) is 0 Å². The van der Waals surface area contributed by atoms with Gasteiger partial charge in [0.1, 0.15) is 12.1 Å². The van der Waals surface area contributed by atoms with E-state index in [0.717, 1.165) is 29.8 Å². The molecule has 1 fully saturated rings. The van der Waals surface area contributed by atoms with Crippen LogP contribution in [0.1, 0.15) is 0 Å². The molecule has 18 heavy (non-hydrogen) atoms. The lowest BCUT2D eigenvalue weighted by molar-refractivity contribution is 0.672. The molecule has 0 bridgehead atoms. The predicted molar refractivity (Wildman–Crippen MR) is 74.0 cm³/mol. The third-order valence-corrected chi connectivity index (χ3v) is 4.39. The number of nitrogen functional groups attached to an aromatic ring is 1. The first kappa shape index (κ1) is 11.4. The van der Waals surface area contributed by atoms with E-state index in [1.165, 1.54) is 0 Å². The Bertz CT molecular complexity index is 606. The Morgan fingerprint density at radius 2 is 2.00 bits per heavy atom. The van der Waals surface area contributed by atoms with E-state index >= 15 is 0 Å². The van der Waals surface area contributed by atoms with E-state index in [1.807, 2.05) is 18.2 Å². The third kappa shape index (κ3) is 2.03. The van der Waals surface area contributed by atoms with Crippen molar-refractivity contribution in [1.82, 2.24) is 9.97 Å². The van der Waals surface area contributed by atoms with Gasteiger partial charge in [0, 0.05) is 46.5 Å². The number of benzene rings is 1. The second-order valence-electron chi connectivity index (χ2n) is 4.31. The van der Waals surface area contributed by atoms with Gasteiger partial charge in [-0.05, 0) is 18.2 Å². The van der Waals surface area contributed by atoms with Crippen molar-refractivity contribution in [2.75, 3.05) is 35.2 Å². The zero-order chi connectivity index (χ0) is 12.5. The SMILES string of the molecule is Nc1ccc2ncnc(N3CCS(=O)CC3)c2c1. The van der Waals surface area contributed by atoms with E-state index in [2.05, 4.69) is 14.9 Å². The average molecular weight is 262 g/mol. The fraction of sp³-hybridized carbons (Fsp3) is 0.333. The highest BCUT2D eigenvalue weighted by atomic mass is 32.2. The van der Waals surface area contributed by atoms with Crippen LogP contribution in [-0.2, 0) is 10.8 Å². The van der Waals surface area contributed by atoms with Crippen molar-refractivity contribution in [3.05, 3.63) is 24.5 Å². The Hall–Kier alpha value is -1.69. The van der Waals surface area contributed by atoms with E-state index in [0.29, 0.717) is 17.2 Å². The summed E-state index contributed by atoms with van der Waals surface area (Å²) in [5, 5.41) is 0.963. The molecule has 94 valence electrons. The first-order valence-electron chi connectivity index (χ1n) is 5.84. The standard InChI is InChI=1S/C12H14N4OS/c13-9-1-2-11-10(7-9)12(15-8-14-11)16-3-5-18(17)6-4-16/h1-2,7-8H,3-6,13H2. The molecule has 3 rings (SSSR count). The third-order valence-electron chi connectivity index (χ3n) is 3.12. The smallest absolute Gasteiger partial charge is 0.140 e. The van der Waals surface area contributed by atoms with Gasteiger partial charge in [0.05, 0.1) is 5.52 Å². The molecule has 1 aromatic carbocycles. The summed E-state index contributed by atoms with van der Waals surface area (Å²) in [6, 6.07) is 5.64. The van der Waals surface area contributed by atoms with Crippen molar-refractivity contribution in [2.24, 2.45) is 0 Å². The number of anilines is 2. The molecule has 0 spiro atoms. The Balaban J connectivity index is 2.05.